The molecule has 0 spiro atoms. The van der Waals surface area contributed by atoms with Gasteiger partial charge in [0, 0.05) is 5.56 Å². The Bertz CT molecular complexity index is 912. The lowest BCUT2D eigenvalue weighted by Gasteiger charge is -2.03. The summed E-state index contributed by atoms with van der Waals surface area (Å²) in [4.78, 5) is 16.4. The molecule has 4 rings (SSSR count). The molecule has 0 aliphatic carbocycles. The number of hydrogen-bond acceptors (Lipinski definition) is 5. The van der Waals surface area contributed by atoms with Gasteiger partial charge in [-0.25, -0.2) is 9.79 Å². The van der Waals surface area contributed by atoms with Crippen molar-refractivity contribution in [2.45, 2.75) is 13.8 Å². The molecule has 5 heteroatoms. The summed E-state index contributed by atoms with van der Waals surface area (Å²) in [6, 6.07) is 11.3. The maximum atomic E-state index is 12.1. The number of carbonyl (C=O) groups excluding carboxylic acids is 1. The fourth-order valence-corrected chi connectivity index (χ4v) is 2.57. The number of aliphatic imine (C=N–C) groups is 1. The Kier molecular flexibility index (Phi) is 3.34. The van der Waals surface area contributed by atoms with Crippen molar-refractivity contribution in [2.24, 2.45) is 4.99 Å². The Balaban J connectivity index is 1.67. The normalized spacial score (nSPS) is 17.2. The molecule has 0 atom stereocenters. The molecular formula is C19H15NO4. The van der Waals surface area contributed by atoms with Gasteiger partial charge in [0.05, 0.1) is 0 Å². The number of benzene rings is 2. The molecule has 0 saturated carbocycles. The van der Waals surface area contributed by atoms with Gasteiger partial charge in [-0.15, -0.1) is 0 Å². The summed E-state index contributed by atoms with van der Waals surface area (Å²) in [6.07, 6.45) is 1.68. The summed E-state index contributed by atoms with van der Waals surface area (Å²) in [5.74, 6) is 1.23. The van der Waals surface area contributed by atoms with Gasteiger partial charge in [0.1, 0.15) is 0 Å². The van der Waals surface area contributed by atoms with Gasteiger partial charge in [-0.3, -0.25) is 0 Å². The predicted molar refractivity (Wildman–Crippen MR) is 89.1 cm³/mol. The Hall–Kier alpha value is -3.08. The molecule has 0 unspecified atom stereocenters. The first-order valence-corrected chi connectivity index (χ1v) is 7.60. The first-order valence-electron chi connectivity index (χ1n) is 7.60. The Morgan fingerprint density at radius 1 is 1.00 bits per heavy atom. The zero-order valence-corrected chi connectivity index (χ0v) is 13.3. The highest BCUT2D eigenvalue weighted by molar-refractivity contribution is 6.12. The number of hydrogen-bond donors (Lipinski definition) is 0. The molecule has 2 aromatic carbocycles. The molecule has 0 aromatic heterocycles. The van der Waals surface area contributed by atoms with Crippen LogP contribution in [0.25, 0.3) is 6.08 Å². The Morgan fingerprint density at radius 3 is 2.67 bits per heavy atom. The average molecular weight is 321 g/mol. The topological polar surface area (TPSA) is 57.1 Å². The maximum Gasteiger partial charge on any atom is 0.363 e. The number of fused-ring (bicyclic) bond motifs is 1. The fourth-order valence-electron chi connectivity index (χ4n) is 2.57. The third-order valence-electron chi connectivity index (χ3n) is 4.07. The molecule has 0 saturated heterocycles. The SMILES string of the molecule is Cc1ccc(C2=N/C(=C\c3ccc4c(c3)OCO4)C(=O)O2)cc1C. The molecule has 0 fully saturated rings. The average Bonchev–Trinajstić information content (AvgIpc) is 3.17. The van der Waals surface area contributed by atoms with Crippen molar-refractivity contribution in [1.82, 2.24) is 0 Å². The van der Waals surface area contributed by atoms with E-state index in [0.717, 1.165) is 16.7 Å². The van der Waals surface area contributed by atoms with Gasteiger partial charge in [0.15, 0.2) is 17.2 Å². The third kappa shape index (κ3) is 2.54. The Labute approximate surface area is 139 Å². The van der Waals surface area contributed by atoms with Crippen LogP contribution < -0.4 is 9.47 Å². The summed E-state index contributed by atoms with van der Waals surface area (Å²) in [5.41, 5.74) is 4.16. The number of carbonyl (C=O) groups is 1. The second kappa shape index (κ2) is 5.53. The van der Waals surface area contributed by atoms with Crippen LogP contribution in [0.5, 0.6) is 11.5 Å². The van der Waals surface area contributed by atoms with Crippen LogP contribution in [0.2, 0.25) is 0 Å². The first-order chi connectivity index (χ1) is 11.6. The van der Waals surface area contributed by atoms with Crippen LogP contribution in [0, 0.1) is 13.8 Å². The van der Waals surface area contributed by atoms with E-state index in [1.54, 1.807) is 6.08 Å². The molecule has 0 bridgehead atoms. The van der Waals surface area contributed by atoms with Gasteiger partial charge in [0.25, 0.3) is 0 Å². The number of nitrogens with zero attached hydrogens (tertiary/aromatic N) is 1. The highest BCUT2D eigenvalue weighted by atomic mass is 16.7. The number of esters is 1. The lowest BCUT2D eigenvalue weighted by atomic mass is 10.1. The van der Waals surface area contributed by atoms with Crippen molar-refractivity contribution in [3.05, 3.63) is 64.3 Å². The minimum Gasteiger partial charge on any atom is -0.454 e. The summed E-state index contributed by atoms with van der Waals surface area (Å²) in [5, 5.41) is 0. The van der Waals surface area contributed by atoms with E-state index >= 15 is 0 Å². The number of rotatable bonds is 2. The molecule has 2 heterocycles. The van der Waals surface area contributed by atoms with E-state index < -0.39 is 5.97 Å². The van der Waals surface area contributed by atoms with Gasteiger partial charge >= 0.3 is 5.97 Å². The van der Waals surface area contributed by atoms with Crippen LogP contribution >= 0.6 is 0 Å². The van der Waals surface area contributed by atoms with Gasteiger partial charge in [-0.1, -0.05) is 12.1 Å². The van der Waals surface area contributed by atoms with Crippen molar-refractivity contribution < 1.29 is 19.0 Å². The minimum atomic E-state index is -0.458. The van der Waals surface area contributed by atoms with Gasteiger partial charge in [-0.2, -0.15) is 0 Å². The van der Waals surface area contributed by atoms with Gasteiger partial charge in [-0.05, 0) is 60.9 Å². The van der Waals surface area contributed by atoms with E-state index in [9.17, 15) is 4.79 Å². The zero-order chi connectivity index (χ0) is 16.7. The number of cyclic esters (lactones) is 1. The van der Waals surface area contributed by atoms with Crippen molar-refractivity contribution >= 4 is 17.9 Å². The van der Waals surface area contributed by atoms with E-state index in [4.69, 9.17) is 14.2 Å². The van der Waals surface area contributed by atoms with Crippen LogP contribution in [0.1, 0.15) is 22.3 Å². The molecule has 2 aromatic rings. The maximum absolute atomic E-state index is 12.1. The fraction of sp³-hybridized carbons (Fsp3) is 0.158. The smallest absolute Gasteiger partial charge is 0.363 e. The standard InChI is InChI=1S/C19H15NO4/c1-11-3-5-14(7-12(11)2)18-20-15(19(21)24-18)8-13-4-6-16-17(9-13)23-10-22-16/h3-9H,10H2,1-2H3/b15-8-. The van der Waals surface area contributed by atoms with E-state index in [2.05, 4.69) is 4.99 Å². The molecule has 0 amide bonds. The summed E-state index contributed by atoms with van der Waals surface area (Å²) >= 11 is 0. The second-order valence-electron chi connectivity index (χ2n) is 5.75. The van der Waals surface area contributed by atoms with E-state index in [1.165, 1.54) is 5.56 Å². The molecule has 120 valence electrons. The van der Waals surface area contributed by atoms with E-state index in [-0.39, 0.29) is 12.5 Å². The molecule has 24 heavy (non-hydrogen) atoms. The van der Waals surface area contributed by atoms with Gasteiger partial charge in [0.2, 0.25) is 12.7 Å². The molecule has 2 aliphatic rings. The van der Waals surface area contributed by atoms with Crippen LogP contribution in [-0.4, -0.2) is 18.7 Å². The predicted octanol–water partition coefficient (Wildman–Crippen LogP) is 3.38. The first kappa shape index (κ1) is 14.5. The quantitative estimate of drug-likeness (QED) is 0.628. The summed E-state index contributed by atoms with van der Waals surface area (Å²) < 4.78 is 15.9. The van der Waals surface area contributed by atoms with E-state index in [1.807, 2.05) is 50.2 Å². The van der Waals surface area contributed by atoms with Crippen molar-refractivity contribution in [3.63, 3.8) is 0 Å². The van der Waals surface area contributed by atoms with Crippen molar-refractivity contribution in [1.29, 1.82) is 0 Å². The highest BCUT2D eigenvalue weighted by Crippen LogP contribution is 2.33. The highest BCUT2D eigenvalue weighted by Gasteiger charge is 2.24. The summed E-state index contributed by atoms with van der Waals surface area (Å²) in [6.45, 7) is 4.26. The van der Waals surface area contributed by atoms with E-state index in [0.29, 0.717) is 17.4 Å². The molecule has 0 radical (unpaired) electrons. The molecular weight excluding hydrogens is 306 g/mol. The molecule has 0 N–H and O–H groups in total. The van der Waals surface area contributed by atoms with Crippen LogP contribution in [0.15, 0.2) is 47.1 Å². The van der Waals surface area contributed by atoms with Crippen LogP contribution in [0.4, 0.5) is 0 Å². The Morgan fingerprint density at radius 2 is 1.83 bits per heavy atom. The summed E-state index contributed by atoms with van der Waals surface area (Å²) in [7, 11) is 0. The van der Waals surface area contributed by atoms with Crippen LogP contribution in [0.3, 0.4) is 0 Å². The zero-order valence-electron chi connectivity index (χ0n) is 13.3. The number of aryl methyl sites for hydroxylation is 2. The molecule has 5 nitrogen and oxygen atoms in total. The lowest BCUT2D eigenvalue weighted by Crippen LogP contribution is -2.05. The minimum absolute atomic E-state index is 0.215. The van der Waals surface area contributed by atoms with Gasteiger partial charge < -0.3 is 14.2 Å². The third-order valence-corrected chi connectivity index (χ3v) is 4.07. The van der Waals surface area contributed by atoms with Crippen LogP contribution in [-0.2, 0) is 9.53 Å². The monoisotopic (exact) mass is 321 g/mol. The second-order valence-corrected chi connectivity index (χ2v) is 5.75. The largest absolute Gasteiger partial charge is 0.454 e. The van der Waals surface area contributed by atoms with Crippen molar-refractivity contribution in [2.75, 3.05) is 6.79 Å². The number of ether oxygens (including phenoxy) is 3. The molecule has 2 aliphatic heterocycles. The van der Waals surface area contributed by atoms with Crippen molar-refractivity contribution in [3.8, 4) is 11.5 Å². The lowest BCUT2D eigenvalue weighted by molar-refractivity contribution is -0.129.